The van der Waals surface area contributed by atoms with Crippen LogP contribution in [-0.4, -0.2) is 35.4 Å². The summed E-state index contributed by atoms with van der Waals surface area (Å²) in [6.45, 7) is 5.36. The fraction of sp³-hybridized carbons (Fsp3) is 0.364. The molecule has 0 unspecified atom stereocenters. The maximum Gasteiger partial charge on any atom is 0.261 e. The van der Waals surface area contributed by atoms with Crippen molar-refractivity contribution < 1.29 is 14.3 Å². The SMILES string of the molecule is CC[C@H](C)NC(=O)[C@@H](C)N(Cc1c(Cl)cccc1Cl)C(=O)COc1cccc(Cl)c1. The fourth-order valence-corrected chi connectivity index (χ4v) is 3.38. The van der Waals surface area contributed by atoms with Crippen molar-refractivity contribution in [1.29, 1.82) is 0 Å². The number of hydrogen-bond donors (Lipinski definition) is 1. The number of ether oxygens (including phenoxy) is 1. The van der Waals surface area contributed by atoms with Gasteiger partial charge in [0, 0.05) is 33.2 Å². The molecule has 2 aromatic carbocycles. The van der Waals surface area contributed by atoms with Gasteiger partial charge in [-0.15, -0.1) is 0 Å². The molecule has 2 atom stereocenters. The lowest BCUT2D eigenvalue weighted by Gasteiger charge is -2.30. The van der Waals surface area contributed by atoms with E-state index in [2.05, 4.69) is 5.32 Å². The largest absolute Gasteiger partial charge is 0.484 e. The molecule has 2 aromatic rings. The van der Waals surface area contributed by atoms with E-state index in [0.717, 1.165) is 6.42 Å². The van der Waals surface area contributed by atoms with Crippen LogP contribution in [0.4, 0.5) is 0 Å². The van der Waals surface area contributed by atoms with Gasteiger partial charge in [0.15, 0.2) is 6.61 Å². The second-order valence-electron chi connectivity index (χ2n) is 6.96. The molecule has 0 aromatic heterocycles. The van der Waals surface area contributed by atoms with Gasteiger partial charge in [-0.3, -0.25) is 9.59 Å². The first kappa shape index (κ1) is 24.3. The Labute approximate surface area is 192 Å². The lowest BCUT2D eigenvalue weighted by atomic mass is 10.1. The first-order valence-corrected chi connectivity index (χ1v) is 10.8. The van der Waals surface area contributed by atoms with Crippen molar-refractivity contribution in [2.75, 3.05) is 6.61 Å². The van der Waals surface area contributed by atoms with Gasteiger partial charge in [0.2, 0.25) is 5.91 Å². The number of nitrogens with one attached hydrogen (secondary N) is 1. The van der Waals surface area contributed by atoms with Gasteiger partial charge in [0.25, 0.3) is 5.91 Å². The number of carbonyl (C=O) groups excluding carboxylic acids is 2. The molecule has 1 N–H and O–H groups in total. The molecule has 0 heterocycles. The second kappa shape index (κ2) is 11.4. The molecule has 0 saturated carbocycles. The number of nitrogens with zero attached hydrogens (tertiary/aromatic N) is 1. The zero-order valence-electron chi connectivity index (χ0n) is 17.1. The van der Waals surface area contributed by atoms with Crippen LogP contribution in [0.2, 0.25) is 15.1 Å². The average Bonchev–Trinajstić information content (AvgIpc) is 2.71. The quantitative estimate of drug-likeness (QED) is 0.536. The van der Waals surface area contributed by atoms with Crippen molar-refractivity contribution in [3.8, 4) is 5.75 Å². The third kappa shape index (κ3) is 6.79. The molecule has 2 amide bonds. The number of halogens is 3. The summed E-state index contributed by atoms with van der Waals surface area (Å²) in [5.74, 6) is -0.176. The smallest absolute Gasteiger partial charge is 0.261 e. The van der Waals surface area contributed by atoms with Gasteiger partial charge in [-0.1, -0.05) is 53.9 Å². The van der Waals surface area contributed by atoms with E-state index in [1.165, 1.54) is 4.90 Å². The van der Waals surface area contributed by atoms with E-state index >= 15 is 0 Å². The monoisotopic (exact) mass is 470 g/mol. The molecule has 5 nitrogen and oxygen atoms in total. The maximum atomic E-state index is 13.0. The molecule has 0 aliphatic heterocycles. The van der Waals surface area contributed by atoms with Crippen molar-refractivity contribution in [3.63, 3.8) is 0 Å². The maximum absolute atomic E-state index is 13.0. The minimum atomic E-state index is -0.748. The van der Waals surface area contributed by atoms with E-state index in [1.54, 1.807) is 49.4 Å². The normalized spacial score (nSPS) is 12.7. The standard InChI is InChI=1S/C22H25Cl3N2O3/c1-4-14(2)26-22(29)15(3)27(12-18-19(24)9-6-10-20(18)25)21(28)13-30-17-8-5-7-16(23)11-17/h5-11,14-15H,4,12-13H2,1-3H3,(H,26,29)/t14-,15+/m0/s1. The van der Waals surface area contributed by atoms with Crippen molar-refractivity contribution in [1.82, 2.24) is 10.2 Å². The molecule has 0 bridgehead atoms. The summed E-state index contributed by atoms with van der Waals surface area (Å²) in [5.41, 5.74) is 0.570. The Kier molecular flexibility index (Phi) is 9.28. The van der Waals surface area contributed by atoms with Gasteiger partial charge in [-0.2, -0.15) is 0 Å². The van der Waals surface area contributed by atoms with Gasteiger partial charge in [0.05, 0.1) is 0 Å². The van der Waals surface area contributed by atoms with Crippen LogP contribution in [0.15, 0.2) is 42.5 Å². The molecule has 2 rings (SSSR count). The Hall–Kier alpha value is -1.95. The average molecular weight is 472 g/mol. The molecule has 0 spiro atoms. The third-order valence-corrected chi connectivity index (χ3v) is 5.66. The molecule has 0 fully saturated rings. The van der Waals surface area contributed by atoms with Gasteiger partial charge >= 0.3 is 0 Å². The molecule has 0 saturated heterocycles. The second-order valence-corrected chi connectivity index (χ2v) is 8.21. The number of rotatable bonds is 9. The topological polar surface area (TPSA) is 58.6 Å². The summed E-state index contributed by atoms with van der Waals surface area (Å²) in [4.78, 5) is 27.2. The highest BCUT2D eigenvalue weighted by Gasteiger charge is 2.28. The van der Waals surface area contributed by atoms with Crippen molar-refractivity contribution >= 4 is 46.6 Å². The molecule has 0 aliphatic rings. The molecule has 30 heavy (non-hydrogen) atoms. The van der Waals surface area contributed by atoms with Crippen molar-refractivity contribution in [2.45, 2.75) is 45.8 Å². The summed E-state index contributed by atoms with van der Waals surface area (Å²) in [5, 5.41) is 4.25. The minimum absolute atomic E-state index is 0.0106. The van der Waals surface area contributed by atoms with Gasteiger partial charge in [-0.25, -0.2) is 0 Å². The fourth-order valence-electron chi connectivity index (χ4n) is 2.69. The van der Waals surface area contributed by atoms with Crippen LogP contribution < -0.4 is 10.1 Å². The van der Waals surface area contributed by atoms with Crippen LogP contribution in [-0.2, 0) is 16.1 Å². The van der Waals surface area contributed by atoms with Gasteiger partial charge in [-0.05, 0) is 50.6 Å². The van der Waals surface area contributed by atoms with Crippen LogP contribution in [0.3, 0.4) is 0 Å². The van der Waals surface area contributed by atoms with Crippen LogP contribution in [0.1, 0.15) is 32.8 Å². The molecule has 162 valence electrons. The van der Waals surface area contributed by atoms with Gasteiger partial charge in [0.1, 0.15) is 11.8 Å². The van der Waals surface area contributed by atoms with E-state index in [0.29, 0.717) is 26.4 Å². The Balaban J connectivity index is 2.22. The summed E-state index contributed by atoms with van der Waals surface area (Å²) in [6.07, 6.45) is 0.778. The van der Waals surface area contributed by atoms with E-state index < -0.39 is 6.04 Å². The molecular weight excluding hydrogens is 447 g/mol. The molecule has 0 radical (unpaired) electrons. The zero-order valence-corrected chi connectivity index (χ0v) is 19.4. The van der Waals surface area contributed by atoms with Crippen molar-refractivity contribution in [2.24, 2.45) is 0 Å². The third-order valence-electron chi connectivity index (χ3n) is 4.72. The van der Waals surface area contributed by atoms with Crippen LogP contribution in [0.5, 0.6) is 5.75 Å². The van der Waals surface area contributed by atoms with E-state index in [1.807, 2.05) is 13.8 Å². The lowest BCUT2D eigenvalue weighted by molar-refractivity contribution is -0.142. The van der Waals surface area contributed by atoms with Crippen molar-refractivity contribution in [3.05, 3.63) is 63.1 Å². The molecular formula is C22H25Cl3N2O3. The Morgan fingerprint density at radius 2 is 1.70 bits per heavy atom. The Morgan fingerprint density at radius 1 is 1.07 bits per heavy atom. The van der Waals surface area contributed by atoms with E-state index in [4.69, 9.17) is 39.5 Å². The summed E-state index contributed by atoms with van der Waals surface area (Å²) in [7, 11) is 0. The Bertz CT molecular complexity index is 871. The summed E-state index contributed by atoms with van der Waals surface area (Å²) >= 11 is 18.5. The zero-order chi connectivity index (χ0) is 22.3. The predicted octanol–water partition coefficient (Wildman–Crippen LogP) is 5.36. The van der Waals surface area contributed by atoms with Gasteiger partial charge < -0.3 is 15.0 Å². The first-order chi connectivity index (χ1) is 14.2. The number of carbonyl (C=O) groups is 2. The van der Waals surface area contributed by atoms with Crippen LogP contribution in [0.25, 0.3) is 0 Å². The number of hydrogen-bond acceptors (Lipinski definition) is 3. The first-order valence-electron chi connectivity index (χ1n) is 9.64. The highest BCUT2D eigenvalue weighted by Crippen LogP contribution is 2.27. The number of amides is 2. The summed E-state index contributed by atoms with van der Waals surface area (Å²) < 4.78 is 5.59. The summed E-state index contributed by atoms with van der Waals surface area (Å²) in [6, 6.07) is 11.1. The van der Waals surface area contributed by atoms with Crippen LogP contribution in [0, 0.1) is 0 Å². The van der Waals surface area contributed by atoms with E-state index in [9.17, 15) is 9.59 Å². The molecule has 0 aliphatic carbocycles. The highest BCUT2D eigenvalue weighted by molar-refractivity contribution is 6.36. The highest BCUT2D eigenvalue weighted by atomic mass is 35.5. The number of benzene rings is 2. The predicted molar refractivity (Wildman–Crippen MR) is 121 cm³/mol. The Morgan fingerprint density at radius 3 is 2.30 bits per heavy atom. The lowest BCUT2D eigenvalue weighted by Crippen LogP contribution is -2.50. The minimum Gasteiger partial charge on any atom is -0.484 e. The molecule has 8 heteroatoms. The van der Waals surface area contributed by atoms with Crippen LogP contribution >= 0.6 is 34.8 Å². The van der Waals surface area contributed by atoms with E-state index in [-0.39, 0.29) is 31.0 Å².